The van der Waals surface area contributed by atoms with Gasteiger partial charge in [-0.05, 0) is 61.4 Å². The lowest BCUT2D eigenvalue weighted by molar-refractivity contribution is -0.572. The smallest absolute Gasteiger partial charge is 0.320 e. The molecule has 0 aromatic carbocycles. The van der Waals surface area contributed by atoms with Crippen LogP contribution in [0.2, 0.25) is 10.3 Å². The molecule has 0 bridgehead atoms. The fourth-order valence-corrected chi connectivity index (χ4v) is 9.52. The molecule has 4 aromatic rings. The Labute approximate surface area is 294 Å². The molecule has 3 aliphatic rings. The second-order valence-electron chi connectivity index (χ2n) is 12.0. The number of aromatic nitrogens is 2. The third-order valence-corrected chi connectivity index (χ3v) is 11.6. The molecule has 12 nitrogen and oxygen atoms in total. The number of amidine groups is 1. The number of hydrogen-bond acceptors (Lipinski definition) is 12. The number of thiophene rings is 2. The van der Waals surface area contributed by atoms with Crippen LogP contribution in [-0.4, -0.2) is 72.1 Å². The van der Waals surface area contributed by atoms with Gasteiger partial charge in [-0.25, -0.2) is 9.97 Å². The molecule has 1 fully saturated rings. The van der Waals surface area contributed by atoms with Crippen LogP contribution < -0.4 is 0 Å². The van der Waals surface area contributed by atoms with Crippen LogP contribution in [-0.2, 0) is 13.1 Å². The normalized spacial score (nSPS) is 22.3. The number of rotatable bonds is 9. The zero-order chi connectivity index (χ0) is 33.7. The number of fused-ring (bicyclic) bond motifs is 1. The Morgan fingerprint density at radius 1 is 0.833 bits per heavy atom. The Kier molecular flexibility index (Phi) is 8.60. The average Bonchev–Trinajstić information content (AvgIpc) is 3.87. The summed E-state index contributed by atoms with van der Waals surface area (Å²) in [5.74, 6) is -0.647. The van der Waals surface area contributed by atoms with Gasteiger partial charge < -0.3 is 14.7 Å². The number of nitro groups is 2. The van der Waals surface area contributed by atoms with Crippen molar-refractivity contribution in [2.45, 2.75) is 44.4 Å². The summed E-state index contributed by atoms with van der Waals surface area (Å²) in [5, 5.41) is 28.4. The van der Waals surface area contributed by atoms with E-state index in [1.807, 2.05) is 58.9 Å². The van der Waals surface area contributed by atoms with Crippen LogP contribution in [0.15, 0.2) is 77.4 Å². The van der Waals surface area contributed by atoms with Gasteiger partial charge in [0.25, 0.3) is 0 Å². The molecule has 0 unspecified atom stereocenters. The third-order valence-electron chi connectivity index (χ3n) is 9.04. The molecule has 0 aliphatic carbocycles. The van der Waals surface area contributed by atoms with E-state index in [9.17, 15) is 20.2 Å². The van der Waals surface area contributed by atoms with Gasteiger partial charge in [-0.1, -0.05) is 35.3 Å². The monoisotopic (exact) mass is 724 g/mol. The van der Waals surface area contributed by atoms with Crippen LogP contribution in [0.4, 0.5) is 0 Å². The third kappa shape index (κ3) is 5.50. The summed E-state index contributed by atoms with van der Waals surface area (Å²) in [4.78, 5) is 49.2. The molecule has 7 rings (SSSR count). The number of halogens is 2. The van der Waals surface area contributed by atoms with E-state index >= 15 is 0 Å². The molecular formula is C32H30Cl2N8O4S2. The van der Waals surface area contributed by atoms with Crippen molar-refractivity contribution < 1.29 is 9.85 Å². The number of hydrogen-bond donors (Lipinski definition) is 0. The molecule has 4 aromatic heterocycles. The molecule has 0 spiro atoms. The molecule has 3 atom stereocenters. The van der Waals surface area contributed by atoms with E-state index in [2.05, 4.69) is 9.97 Å². The van der Waals surface area contributed by atoms with E-state index < -0.39 is 22.4 Å². The first-order valence-electron chi connectivity index (χ1n) is 15.3. The van der Waals surface area contributed by atoms with Crippen molar-refractivity contribution >= 4 is 51.7 Å². The Bertz CT molecular complexity index is 1950. The van der Waals surface area contributed by atoms with Crippen LogP contribution in [0.3, 0.4) is 0 Å². The second-order valence-corrected chi connectivity index (χ2v) is 15.4. The highest BCUT2D eigenvalue weighted by Gasteiger charge is 2.74. The summed E-state index contributed by atoms with van der Waals surface area (Å²) in [7, 11) is 0. The molecule has 16 heteroatoms. The van der Waals surface area contributed by atoms with Crippen LogP contribution in [0.25, 0.3) is 0 Å². The van der Waals surface area contributed by atoms with Gasteiger partial charge in [0.1, 0.15) is 16.3 Å². The van der Waals surface area contributed by atoms with Crippen molar-refractivity contribution in [1.29, 1.82) is 0 Å². The summed E-state index contributed by atoms with van der Waals surface area (Å²) >= 11 is 14.9. The van der Waals surface area contributed by atoms with Crippen molar-refractivity contribution in [3.8, 4) is 0 Å². The maximum atomic E-state index is 14.2. The highest BCUT2D eigenvalue weighted by molar-refractivity contribution is 7.12. The van der Waals surface area contributed by atoms with Crippen molar-refractivity contribution in [3.63, 3.8) is 0 Å². The van der Waals surface area contributed by atoms with E-state index in [4.69, 9.17) is 28.2 Å². The zero-order valence-electron chi connectivity index (χ0n) is 26.0. The Morgan fingerprint density at radius 3 is 1.96 bits per heavy atom. The van der Waals surface area contributed by atoms with Crippen molar-refractivity contribution in [2.75, 3.05) is 26.2 Å². The molecule has 1 saturated heterocycles. The Hall–Kier alpha value is -4.11. The first-order chi connectivity index (χ1) is 23.1. The van der Waals surface area contributed by atoms with Crippen LogP contribution in [0.1, 0.15) is 42.6 Å². The molecule has 248 valence electrons. The molecule has 0 saturated carbocycles. The standard InChI is InChI=1S/C32H30Cl2N8O4S2/c1-19-3-7-23(47-19)27-28(41(43)44)30-38(17-21-5-9-25(33)36-15-21)13-14-40(30)29(24-8-4-20(2)48-24)32(27,42(45)46)31-35-11-12-39(31)18-22-6-10-26(34)37-16-22/h3-10,15-16,27,29H,11-14,17-18H2,1-2H3/t27-,29-,32+/m1/s1. The lowest BCUT2D eigenvalue weighted by atomic mass is 9.70. The van der Waals surface area contributed by atoms with Crippen LogP contribution >= 0.6 is 45.9 Å². The topological polar surface area (TPSA) is 134 Å². The van der Waals surface area contributed by atoms with Gasteiger partial charge in [0.2, 0.25) is 0 Å². The predicted molar refractivity (Wildman–Crippen MR) is 186 cm³/mol. The quantitative estimate of drug-likeness (QED) is 0.107. The fraction of sp³-hybridized carbons (Fsp3) is 0.344. The van der Waals surface area contributed by atoms with Crippen molar-refractivity contribution in [3.05, 3.63) is 134 Å². The number of aliphatic imine (C=N–C) groups is 1. The first kappa shape index (κ1) is 32.4. The minimum absolute atomic E-state index is 0.208. The zero-order valence-corrected chi connectivity index (χ0v) is 29.1. The minimum Gasteiger partial charge on any atom is -0.348 e. The summed E-state index contributed by atoms with van der Waals surface area (Å²) in [5.41, 5.74) is -0.642. The van der Waals surface area contributed by atoms with Gasteiger partial charge in [-0.2, -0.15) is 0 Å². The summed E-state index contributed by atoms with van der Waals surface area (Å²) in [6, 6.07) is 13.7. The fourth-order valence-electron chi connectivity index (χ4n) is 7.18. The lowest BCUT2D eigenvalue weighted by Crippen LogP contribution is -2.65. The maximum absolute atomic E-state index is 14.2. The van der Waals surface area contributed by atoms with E-state index in [-0.39, 0.29) is 23.0 Å². The maximum Gasteiger partial charge on any atom is 0.320 e. The first-order valence-corrected chi connectivity index (χ1v) is 17.6. The van der Waals surface area contributed by atoms with E-state index in [0.29, 0.717) is 53.7 Å². The number of pyridine rings is 2. The number of nitrogens with zero attached hydrogens (tertiary/aromatic N) is 8. The largest absolute Gasteiger partial charge is 0.348 e. The van der Waals surface area contributed by atoms with Gasteiger partial charge in [0.15, 0.2) is 17.6 Å². The van der Waals surface area contributed by atoms with Gasteiger partial charge in [-0.3, -0.25) is 25.2 Å². The van der Waals surface area contributed by atoms with E-state index in [0.717, 1.165) is 25.8 Å². The van der Waals surface area contributed by atoms with Crippen molar-refractivity contribution in [1.82, 2.24) is 24.7 Å². The summed E-state index contributed by atoms with van der Waals surface area (Å²) in [6.07, 6.45) is 3.29. The van der Waals surface area contributed by atoms with E-state index in [1.54, 1.807) is 30.6 Å². The molecule has 0 amide bonds. The van der Waals surface area contributed by atoms with Crippen LogP contribution in [0.5, 0.6) is 0 Å². The SMILES string of the molecule is Cc1ccc([C@@H]2C([N+](=O)[O-])=C3N(Cc4ccc(Cl)nc4)CCN3[C@H](c3ccc(C)s3)[C@@]2(C2=NCCN2Cc2ccc(Cl)nc2)[N+](=O)[O-])s1. The van der Waals surface area contributed by atoms with Gasteiger partial charge in [-0.15, -0.1) is 22.7 Å². The van der Waals surface area contributed by atoms with Gasteiger partial charge in [0.05, 0.1) is 11.5 Å². The predicted octanol–water partition coefficient (Wildman–Crippen LogP) is 6.56. The van der Waals surface area contributed by atoms with Crippen molar-refractivity contribution in [2.24, 2.45) is 4.99 Å². The summed E-state index contributed by atoms with van der Waals surface area (Å²) in [6.45, 7) is 5.97. The number of aryl methyl sites for hydroxylation is 2. The second kappa shape index (κ2) is 12.7. The summed E-state index contributed by atoms with van der Waals surface area (Å²) < 4.78 is 0. The molecule has 0 radical (unpaired) electrons. The molecular weight excluding hydrogens is 695 g/mol. The molecule has 48 heavy (non-hydrogen) atoms. The molecule has 0 N–H and O–H groups in total. The minimum atomic E-state index is -2.05. The van der Waals surface area contributed by atoms with Gasteiger partial charge >= 0.3 is 11.2 Å². The van der Waals surface area contributed by atoms with Gasteiger partial charge in [0, 0.05) is 69.5 Å². The molecule has 3 aliphatic heterocycles. The average molecular weight is 726 g/mol. The highest BCUT2D eigenvalue weighted by atomic mass is 35.5. The Morgan fingerprint density at radius 2 is 1.44 bits per heavy atom. The molecule has 7 heterocycles. The van der Waals surface area contributed by atoms with E-state index in [1.165, 1.54) is 22.7 Å². The van der Waals surface area contributed by atoms with Crippen LogP contribution in [0, 0.1) is 34.1 Å². The lowest BCUT2D eigenvalue weighted by Gasteiger charge is -2.47. The highest BCUT2D eigenvalue weighted by Crippen LogP contribution is 2.58. The Balaban J connectivity index is 1.49.